The zero-order valence-corrected chi connectivity index (χ0v) is 12.6. The summed E-state index contributed by atoms with van der Waals surface area (Å²) >= 11 is 0. The molecule has 108 valence electrons. The van der Waals surface area contributed by atoms with Crippen LogP contribution in [0, 0.1) is 0 Å². The molecular weight excluding hydrogens is 238 g/mol. The lowest BCUT2D eigenvalue weighted by molar-refractivity contribution is 0.178. The van der Waals surface area contributed by atoms with Gasteiger partial charge in [-0.2, -0.15) is 0 Å². The largest absolute Gasteiger partial charge is 0.490 e. The summed E-state index contributed by atoms with van der Waals surface area (Å²) in [5.74, 6) is 1.68. The highest BCUT2D eigenvalue weighted by Crippen LogP contribution is 2.27. The highest BCUT2D eigenvalue weighted by Gasteiger charge is 2.12. The predicted octanol–water partition coefficient (Wildman–Crippen LogP) is 3.63. The zero-order valence-electron chi connectivity index (χ0n) is 12.6. The molecule has 0 fully saturated rings. The van der Waals surface area contributed by atoms with E-state index in [1.54, 1.807) is 0 Å². The van der Waals surface area contributed by atoms with E-state index in [0.29, 0.717) is 6.04 Å². The number of hydrogen-bond donors (Lipinski definition) is 1. The van der Waals surface area contributed by atoms with E-state index in [1.165, 1.54) is 0 Å². The second-order valence-electron chi connectivity index (χ2n) is 5.01. The van der Waals surface area contributed by atoms with Gasteiger partial charge in [0.2, 0.25) is 0 Å². The second kappa shape index (κ2) is 8.81. The van der Waals surface area contributed by atoms with E-state index in [2.05, 4.69) is 33.0 Å². The van der Waals surface area contributed by atoms with Gasteiger partial charge in [-0.1, -0.05) is 39.8 Å². The zero-order chi connectivity index (χ0) is 14.1. The van der Waals surface area contributed by atoms with Gasteiger partial charge in [0.05, 0.1) is 6.61 Å². The van der Waals surface area contributed by atoms with Gasteiger partial charge in [-0.05, 0) is 25.0 Å². The Hall–Kier alpha value is -1.22. The molecule has 1 aromatic carbocycles. The van der Waals surface area contributed by atoms with Crippen molar-refractivity contribution in [3.63, 3.8) is 0 Å². The second-order valence-corrected chi connectivity index (χ2v) is 5.01. The maximum Gasteiger partial charge on any atom is 0.161 e. The maximum atomic E-state index is 6.05. The number of benzene rings is 1. The normalized spacial score (nSPS) is 12.5. The van der Waals surface area contributed by atoms with Gasteiger partial charge < -0.3 is 14.8 Å². The summed E-state index contributed by atoms with van der Waals surface area (Å²) in [6, 6.07) is 8.38. The molecule has 0 amide bonds. The van der Waals surface area contributed by atoms with Gasteiger partial charge in [-0.3, -0.25) is 0 Å². The number of ether oxygens (including phenoxy) is 2. The standard InChI is InChI=1S/C16H27NO2/c1-5-11-18-15-9-7-8-10-16(15)19-14(6-2)12-17-13(3)4/h7-10,13-14,17H,5-6,11-12H2,1-4H3. The first-order valence-electron chi connectivity index (χ1n) is 7.29. The number of nitrogens with one attached hydrogen (secondary N) is 1. The molecule has 3 heteroatoms. The Morgan fingerprint density at radius 1 is 1.11 bits per heavy atom. The van der Waals surface area contributed by atoms with Crippen LogP contribution in [-0.2, 0) is 0 Å². The topological polar surface area (TPSA) is 30.5 Å². The van der Waals surface area contributed by atoms with Crippen molar-refractivity contribution >= 4 is 0 Å². The molecule has 0 bridgehead atoms. The Balaban J connectivity index is 2.62. The quantitative estimate of drug-likeness (QED) is 0.739. The summed E-state index contributed by atoms with van der Waals surface area (Å²) in [7, 11) is 0. The first kappa shape index (κ1) is 15.8. The fourth-order valence-corrected chi connectivity index (χ4v) is 1.69. The molecule has 1 unspecified atom stereocenters. The molecule has 0 radical (unpaired) electrons. The lowest BCUT2D eigenvalue weighted by Crippen LogP contribution is -2.34. The van der Waals surface area contributed by atoms with Gasteiger partial charge in [0.1, 0.15) is 6.10 Å². The molecule has 3 nitrogen and oxygen atoms in total. The molecule has 1 rings (SSSR count). The summed E-state index contributed by atoms with van der Waals surface area (Å²) in [6.45, 7) is 10.1. The minimum atomic E-state index is 0.175. The molecule has 0 aliphatic heterocycles. The lowest BCUT2D eigenvalue weighted by Gasteiger charge is -2.21. The fraction of sp³-hybridized carbons (Fsp3) is 0.625. The van der Waals surface area contributed by atoms with Crippen molar-refractivity contribution in [2.75, 3.05) is 13.2 Å². The van der Waals surface area contributed by atoms with Crippen LogP contribution in [0.5, 0.6) is 11.5 Å². The first-order chi connectivity index (χ1) is 9.17. The summed E-state index contributed by atoms with van der Waals surface area (Å²) in [5.41, 5.74) is 0. The Kier molecular flexibility index (Phi) is 7.34. The molecule has 0 aliphatic carbocycles. The first-order valence-corrected chi connectivity index (χ1v) is 7.29. The molecule has 0 saturated carbocycles. The van der Waals surface area contributed by atoms with Crippen molar-refractivity contribution in [3.05, 3.63) is 24.3 Å². The third-order valence-corrected chi connectivity index (χ3v) is 2.81. The van der Waals surface area contributed by atoms with Crippen LogP contribution >= 0.6 is 0 Å². The number of para-hydroxylation sites is 2. The number of hydrogen-bond acceptors (Lipinski definition) is 3. The molecule has 19 heavy (non-hydrogen) atoms. The summed E-state index contributed by atoms with van der Waals surface area (Å²) in [4.78, 5) is 0. The van der Waals surface area contributed by atoms with Crippen LogP contribution in [0.15, 0.2) is 24.3 Å². The van der Waals surface area contributed by atoms with Gasteiger partial charge in [-0.25, -0.2) is 0 Å². The highest BCUT2D eigenvalue weighted by molar-refractivity contribution is 5.39. The summed E-state index contributed by atoms with van der Waals surface area (Å²) < 4.78 is 11.8. The summed E-state index contributed by atoms with van der Waals surface area (Å²) in [5, 5.41) is 3.41. The van der Waals surface area contributed by atoms with Gasteiger partial charge in [0.25, 0.3) is 0 Å². The molecule has 1 N–H and O–H groups in total. The molecule has 1 atom stereocenters. The van der Waals surface area contributed by atoms with Crippen molar-refractivity contribution in [3.8, 4) is 11.5 Å². The molecule has 0 aliphatic rings. The third kappa shape index (κ3) is 5.97. The average Bonchev–Trinajstić information content (AvgIpc) is 2.42. The lowest BCUT2D eigenvalue weighted by atomic mass is 10.2. The van der Waals surface area contributed by atoms with Crippen molar-refractivity contribution in [1.82, 2.24) is 5.32 Å². The van der Waals surface area contributed by atoms with Crippen LogP contribution in [0.1, 0.15) is 40.5 Å². The third-order valence-electron chi connectivity index (χ3n) is 2.81. The number of rotatable bonds is 9. The van der Waals surface area contributed by atoms with Crippen LogP contribution in [-0.4, -0.2) is 25.3 Å². The van der Waals surface area contributed by atoms with Crippen LogP contribution in [0.25, 0.3) is 0 Å². The molecule has 0 saturated heterocycles. The van der Waals surface area contributed by atoms with Crippen LogP contribution in [0.2, 0.25) is 0 Å². The monoisotopic (exact) mass is 265 g/mol. The highest BCUT2D eigenvalue weighted by atomic mass is 16.5. The minimum absolute atomic E-state index is 0.175. The van der Waals surface area contributed by atoms with Gasteiger partial charge >= 0.3 is 0 Å². The van der Waals surface area contributed by atoms with Gasteiger partial charge in [-0.15, -0.1) is 0 Å². The minimum Gasteiger partial charge on any atom is -0.490 e. The van der Waals surface area contributed by atoms with E-state index in [1.807, 2.05) is 24.3 Å². The van der Waals surface area contributed by atoms with E-state index < -0.39 is 0 Å². The SMILES string of the molecule is CCCOc1ccccc1OC(CC)CNC(C)C. The van der Waals surface area contributed by atoms with Gasteiger partial charge in [0.15, 0.2) is 11.5 Å². The van der Waals surface area contributed by atoms with Gasteiger partial charge in [0, 0.05) is 12.6 Å². The predicted molar refractivity (Wildman–Crippen MR) is 80.1 cm³/mol. The van der Waals surface area contributed by atoms with Crippen molar-refractivity contribution in [1.29, 1.82) is 0 Å². The van der Waals surface area contributed by atoms with E-state index in [-0.39, 0.29) is 6.10 Å². The van der Waals surface area contributed by atoms with Crippen molar-refractivity contribution < 1.29 is 9.47 Å². The Labute approximate surface area is 117 Å². The van der Waals surface area contributed by atoms with E-state index >= 15 is 0 Å². The van der Waals surface area contributed by atoms with E-state index in [9.17, 15) is 0 Å². The molecule has 0 heterocycles. The maximum absolute atomic E-state index is 6.05. The van der Waals surface area contributed by atoms with Crippen molar-refractivity contribution in [2.24, 2.45) is 0 Å². The Morgan fingerprint density at radius 2 is 1.79 bits per heavy atom. The smallest absolute Gasteiger partial charge is 0.161 e. The average molecular weight is 265 g/mol. The summed E-state index contributed by atoms with van der Waals surface area (Å²) in [6.07, 6.45) is 2.15. The van der Waals surface area contributed by atoms with Crippen LogP contribution < -0.4 is 14.8 Å². The Morgan fingerprint density at radius 3 is 2.37 bits per heavy atom. The molecule has 1 aromatic rings. The van der Waals surface area contributed by atoms with Crippen molar-refractivity contribution in [2.45, 2.75) is 52.7 Å². The van der Waals surface area contributed by atoms with E-state index in [4.69, 9.17) is 9.47 Å². The molecular formula is C16H27NO2. The fourth-order valence-electron chi connectivity index (χ4n) is 1.69. The van der Waals surface area contributed by atoms with E-state index in [0.717, 1.165) is 37.5 Å². The Bertz CT molecular complexity index is 352. The van der Waals surface area contributed by atoms with Crippen LogP contribution in [0.4, 0.5) is 0 Å². The molecule has 0 spiro atoms. The van der Waals surface area contributed by atoms with Crippen LogP contribution in [0.3, 0.4) is 0 Å². The molecule has 0 aromatic heterocycles.